The Morgan fingerprint density at radius 1 is 1.10 bits per heavy atom. The van der Waals surface area contributed by atoms with Gasteiger partial charge in [0.25, 0.3) is 0 Å². The van der Waals surface area contributed by atoms with Gasteiger partial charge in [0.05, 0.1) is 33.3 Å². The minimum absolute atomic E-state index is 0.00873. The van der Waals surface area contributed by atoms with E-state index < -0.39 is 0 Å². The van der Waals surface area contributed by atoms with E-state index in [9.17, 15) is 9.59 Å². The predicted molar refractivity (Wildman–Crippen MR) is 110 cm³/mol. The minimum Gasteiger partial charge on any atom is -0.494 e. The van der Waals surface area contributed by atoms with Crippen LogP contribution in [0.25, 0.3) is 0 Å². The van der Waals surface area contributed by atoms with Gasteiger partial charge in [-0.05, 0) is 48.9 Å². The number of nitrogens with one attached hydrogen (secondary N) is 1. The van der Waals surface area contributed by atoms with Gasteiger partial charge in [0, 0.05) is 18.7 Å². The Hall–Kier alpha value is -3.22. The molecule has 2 aromatic rings. The van der Waals surface area contributed by atoms with Crippen molar-refractivity contribution in [1.82, 2.24) is 5.32 Å². The Morgan fingerprint density at radius 3 is 2.48 bits per heavy atom. The molecule has 29 heavy (non-hydrogen) atoms. The van der Waals surface area contributed by atoms with Gasteiger partial charge < -0.3 is 24.4 Å². The number of hydrogen-bond acceptors (Lipinski definition) is 5. The molecule has 7 nitrogen and oxygen atoms in total. The number of ether oxygens (including phenoxy) is 3. The molecule has 1 saturated heterocycles. The third-order valence-electron chi connectivity index (χ3n) is 4.76. The van der Waals surface area contributed by atoms with Crippen molar-refractivity contribution in [1.29, 1.82) is 0 Å². The number of carbonyl (C=O) groups excluding carboxylic acids is 2. The van der Waals surface area contributed by atoms with Gasteiger partial charge >= 0.3 is 0 Å². The van der Waals surface area contributed by atoms with E-state index in [1.54, 1.807) is 31.3 Å². The second-order valence-electron chi connectivity index (χ2n) is 6.77. The van der Waals surface area contributed by atoms with Crippen LogP contribution in [0.15, 0.2) is 42.5 Å². The normalized spacial score (nSPS) is 15.9. The highest BCUT2D eigenvalue weighted by atomic mass is 16.5. The number of nitrogens with zero attached hydrogens (tertiary/aromatic N) is 1. The fourth-order valence-electron chi connectivity index (χ4n) is 3.40. The summed E-state index contributed by atoms with van der Waals surface area (Å²) in [6.45, 7) is 2.97. The zero-order valence-corrected chi connectivity index (χ0v) is 16.9. The highest BCUT2D eigenvalue weighted by Gasteiger charge is 2.31. The Balaban J connectivity index is 1.58. The van der Waals surface area contributed by atoms with Gasteiger partial charge in [-0.15, -0.1) is 0 Å². The van der Waals surface area contributed by atoms with Crippen molar-refractivity contribution in [2.24, 2.45) is 0 Å². The SMILES string of the molecule is CCOc1ccc(N2C[C@@H](NC(=O)Cc3ccc(OC)c(OC)c3)CC2=O)cc1. The average Bonchev–Trinajstić information content (AvgIpc) is 3.08. The number of amides is 2. The molecule has 3 rings (SSSR count). The number of benzene rings is 2. The van der Waals surface area contributed by atoms with Gasteiger partial charge in [-0.3, -0.25) is 9.59 Å². The van der Waals surface area contributed by atoms with Gasteiger partial charge in [-0.1, -0.05) is 6.07 Å². The Labute approximate surface area is 170 Å². The predicted octanol–water partition coefficient (Wildman–Crippen LogP) is 2.57. The van der Waals surface area contributed by atoms with Crippen LogP contribution >= 0.6 is 0 Å². The summed E-state index contributed by atoms with van der Waals surface area (Å²) in [5.41, 5.74) is 1.61. The lowest BCUT2D eigenvalue weighted by atomic mass is 10.1. The van der Waals surface area contributed by atoms with E-state index in [-0.39, 0.29) is 30.7 Å². The number of anilines is 1. The smallest absolute Gasteiger partial charge is 0.229 e. The van der Waals surface area contributed by atoms with Gasteiger partial charge in [0.1, 0.15) is 5.75 Å². The van der Waals surface area contributed by atoms with Gasteiger partial charge in [-0.25, -0.2) is 0 Å². The van der Waals surface area contributed by atoms with Gasteiger partial charge in [0.15, 0.2) is 11.5 Å². The van der Waals surface area contributed by atoms with Crippen molar-refractivity contribution in [3.8, 4) is 17.2 Å². The van der Waals surface area contributed by atoms with E-state index in [1.807, 2.05) is 37.3 Å². The standard InChI is InChI=1S/C22H26N2O5/c1-4-29-18-8-6-17(7-9-18)24-14-16(13-22(24)26)23-21(25)12-15-5-10-19(27-2)20(11-15)28-3/h5-11,16H,4,12-14H2,1-3H3,(H,23,25)/t16-/m0/s1. The highest BCUT2D eigenvalue weighted by Crippen LogP contribution is 2.28. The molecule has 1 fully saturated rings. The van der Waals surface area contributed by atoms with Crippen LogP contribution in [0, 0.1) is 0 Å². The van der Waals surface area contributed by atoms with Crippen LogP contribution in [0.5, 0.6) is 17.2 Å². The molecule has 2 aromatic carbocycles. The van der Waals surface area contributed by atoms with E-state index in [4.69, 9.17) is 14.2 Å². The lowest BCUT2D eigenvalue weighted by Gasteiger charge is -2.18. The maximum absolute atomic E-state index is 12.5. The fourth-order valence-corrected chi connectivity index (χ4v) is 3.40. The van der Waals surface area contributed by atoms with Gasteiger partial charge in [-0.2, -0.15) is 0 Å². The topological polar surface area (TPSA) is 77.1 Å². The molecule has 0 aliphatic carbocycles. The third-order valence-corrected chi connectivity index (χ3v) is 4.76. The quantitative estimate of drug-likeness (QED) is 0.740. The number of hydrogen-bond donors (Lipinski definition) is 1. The van der Waals surface area contributed by atoms with Crippen LogP contribution in [0.2, 0.25) is 0 Å². The Morgan fingerprint density at radius 2 is 1.83 bits per heavy atom. The number of methoxy groups -OCH3 is 2. The van der Waals surface area contributed by atoms with E-state index in [0.717, 1.165) is 17.0 Å². The molecular formula is C22H26N2O5. The molecule has 154 valence electrons. The van der Waals surface area contributed by atoms with Crippen molar-refractivity contribution < 1.29 is 23.8 Å². The molecule has 0 bridgehead atoms. The Bertz CT molecular complexity index is 866. The van der Waals surface area contributed by atoms with Crippen LogP contribution in [0.4, 0.5) is 5.69 Å². The van der Waals surface area contributed by atoms with Crippen molar-refractivity contribution in [2.45, 2.75) is 25.8 Å². The maximum Gasteiger partial charge on any atom is 0.229 e. The summed E-state index contributed by atoms with van der Waals surface area (Å²) < 4.78 is 15.9. The lowest BCUT2D eigenvalue weighted by molar-refractivity contribution is -0.121. The molecule has 0 aromatic heterocycles. The molecule has 1 N–H and O–H groups in total. The van der Waals surface area contributed by atoms with Gasteiger partial charge in [0.2, 0.25) is 11.8 Å². The van der Waals surface area contributed by atoms with Crippen molar-refractivity contribution in [3.63, 3.8) is 0 Å². The molecular weight excluding hydrogens is 372 g/mol. The third kappa shape index (κ3) is 4.99. The number of carbonyl (C=O) groups is 2. The molecule has 1 aliphatic heterocycles. The first-order valence-corrected chi connectivity index (χ1v) is 9.57. The second-order valence-corrected chi connectivity index (χ2v) is 6.77. The first kappa shape index (κ1) is 20.5. The summed E-state index contributed by atoms with van der Waals surface area (Å²) in [6.07, 6.45) is 0.485. The molecule has 0 saturated carbocycles. The molecule has 2 amide bonds. The van der Waals surface area contributed by atoms with E-state index in [2.05, 4.69) is 5.32 Å². The summed E-state index contributed by atoms with van der Waals surface area (Å²) >= 11 is 0. The second kappa shape index (κ2) is 9.32. The molecule has 1 heterocycles. The van der Waals surface area contributed by atoms with Crippen molar-refractivity contribution >= 4 is 17.5 Å². The van der Waals surface area contributed by atoms with Crippen LogP contribution in [0.1, 0.15) is 18.9 Å². The van der Waals surface area contributed by atoms with Crippen LogP contribution < -0.4 is 24.4 Å². The summed E-state index contributed by atoms with van der Waals surface area (Å²) in [7, 11) is 3.12. The molecule has 7 heteroatoms. The van der Waals surface area contributed by atoms with Crippen LogP contribution in [0.3, 0.4) is 0 Å². The van der Waals surface area contributed by atoms with E-state index in [1.165, 1.54) is 0 Å². The first-order chi connectivity index (χ1) is 14.0. The number of rotatable bonds is 8. The largest absolute Gasteiger partial charge is 0.494 e. The minimum atomic E-state index is -0.221. The van der Waals surface area contributed by atoms with Crippen molar-refractivity contribution in [2.75, 3.05) is 32.3 Å². The molecule has 0 spiro atoms. The summed E-state index contributed by atoms with van der Waals surface area (Å²) in [5, 5.41) is 2.96. The van der Waals surface area contributed by atoms with E-state index in [0.29, 0.717) is 24.7 Å². The average molecular weight is 398 g/mol. The van der Waals surface area contributed by atoms with E-state index >= 15 is 0 Å². The molecule has 1 atom stereocenters. The van der Waals surface area contributed by atoms with Crippen molar-refractivity contribution in [3.05, 3.63) is 48.0 Å². The lowest BCUT2D eigenvalue weighted by Crippen LogP contribution is -2.38. The fraction of sp³-hybridized carbons (Fsp3) is 0.364. The first-order valence-electron chi connectivity index (χ1n) is 9.57. The van der Waals surface area contributed by atoms with Crippen LogP contribution in [-0.4, -0.2) is 45.2 Å². The highest BCUT2D eigenvalue weighted by molar-refractivity contribution is 5.97. The molecule has 1 aliphatic rings. The maximum atomic E-state index is 12.5. The molecule has 0 radical (unpaired) electrons. The summed E-state index contributed by atoms with van der Waals surface area (Å²) in [4.78, 5) is 26.6. The Kier molecular flexibility index (Phi) is 6.59. The molecule has 0 unspecified atom stereocenters. The van der Waals surface area contributed by atoms with Crippen LogP contribution in [-0.2, 0) is 16.0 Å². The zero-order valence-electron chi connectivity index (χ0n) is 16.9. The zero-order chi connectivity index (χ0) is 20.8. The summed E-state index contributed by atoms with van der Waals surface area (Å²) in [5.74, 6) is 1.82. The summed E-state index contributed by atoms with van der Waals surface area (Å²) in [6, 6.07) is 12.6. The monoisotopic (exact) mass is 398 g/mol.